The Morgan fingerprint density at radius 1 is 1.00 bits per heavy atom. The van der Waals surface area contributed by atoms with E-state index in [9.17, 15) is 0 Å². The molecule has 0 atom stereocenters. The van der Waals surface area contributed by atoms with E-state index in [-0.39, 0.29) is 29.6 Å². The molecule has 0 aliphatic carbocycles. The van der Waals surface area contributed by atoms with Crippen molar-refractivity contribution < 1.29 is 20.6 Å². The van der Waals surface area contributed by atoms with Crippen molar-refractivity contribution in [1.82, 2.24) is 0 Å². The number of rotatable bonds is 1. The maximum absolute atomic E-state index is 6.90. The van der Waals surface area contributed by atoms with Gasteiger partial charge in [-0.25, -0.2) is 10.5 Å². The van der Waals surface area contributed by atoms with Crippen LogP contribution in [-0.2, 0) is 10.1 Å². The zero-order valence-corrected chi connectivity index (χ0v) is 4.71. The van der Waals surface area contributed by atoms with Gasteiger partial charge in [-0.05, 0) is 10.1 Å². The average Bonchev–Trinajstić information content (AvgIpc) is 1.37. The van der Waals surface area contributed by atoms with Gasteiger partial charge in [0.1, 0.15) is 0 Å². The second-order valence-electron chi connectivity index (χ2n) is 0.149. The molecule has 1 radical (unpaired) electrons. The average molecular weight is 89.0 g/mol. The smallest absolute Gasteiger partial charge is 0 e. The molecule has 0 aliphatic rings. The summed E-state index contributed by atoms with van der Waals surface area (Å²) >= 11 is 0. The molecule has 4 nitrogen and oxygen atoms in total. The summed E-state index contributed by atoms with van der Waals surface area (Å²) in [6.07, 6.45) is 0. The van der Waals surface area contributed by atoms with Crippen molar-refractivity contribution in [2.45, 2.75) is 0 Å². The topological polar surface area (TPSA) is 58.9 Å². The summed E-state index contributed by atoms with van der Waals surface area (Å²) in [6.45, 7) is 0. The van der Waals surface area contributed by atoms with E-state index in [4.69, 9.17) is 10.5 Å². The van der Waals surface area contributed by atoms with Crippen molar-refractivity contribution >= 4 is 29.6 Å². The van der Waals surface area contributed by atoms with Gasteiger partial charge in [0.2, 0.25) is 0 Å². The first-order chi connectivity index (χ1) is 1.91. The predicted octanol–water partition coefficient (Wildman–Crippen LogP) is -0.500. The Balaban J connectivity index is 0. The fraction of sp³-hybridized carbons (Fsp3) is 0. The molecule has 0 amide bonds. The van der Waals surface area contributed by atoms with E-state index in [1.807, 2.05) is 0 Å². The van der Waals surface area contributed by atoms with Crippen LogP contribution in [0.4, 0.5) is 0 Å². The van der Waals surface area contributed by atoms with Crippen molar-refractivity contribution in [2.75, 3.05) is 0 Å². The molecular weight excluding hydrogens is 87.0 g/mol. The van der Waals surface area contributed by atoms with E-state index >= 15 is 0 Å². The van der Waals surface area contributed by atoms with Crippen molar-refractivity contribution in [1.29, 1.82) is 0 Å². The Morgan fingerprint density at radius 3 is 1.20 bits per heavy atom. The van der Waals surface area contributed by atoms with Gasteiger partial charge in [-0.1, -0.05) is 0 Å². The van der Waals surface area contributed by atoms with Gasteiger partial charge in [0.05, 0.1) is 0 Å². The van der Waals surface area contributed by atoms with Crippen molar-refractivity contribution in [3.05, 3.63) is 0 Å². The Labute approximate surface area is 50.4 Å². The first-order valence-electron chi connectivity index (χ1n) is 0.532. The molecular formula is H2NaO4. The summed E-state index contributed by atoms with van der Waals surface area (Å²) in [5.41, 5.74) is 0. The van der Waals surface area contributed by atoms with Gasteiger partial charge < -0.3 is 0 Å². The van der Waals surface area contributed by atoms with Crippen molar-refractivity contribution in [3.63, 3.8) is 0 Å². The molecule has 2 N–H and O–H groups in total. The van der Waals surface area contributed by atoms with Crippen LogP contribution in [0.25, 0.3) is 0 Å². The minimum absolute atomic E-state index is 0. The van der Waals surface area contributed by atoms with Crippen LogP contribution in [0.5, 0.6) is 0 Å². The third-order valence-corrected chi connectivity index (χ3v) is 0.0333. The van der Waals surface area contributed by atoms with E-state index in [2.05, 4.69) is 10.1 Å². The molecule has 0 aromatic carbocycles. The van der Waals surface area contributed by atoms with Gasteiger partial charge in [0.15, 0.2) is 0 Å². The molecule has 0 aliphatic heterocycles. The Kier molecular flexibility index (Phi) is 16.4. The predicted molar refractivity (Wildman–Crippen MR) is 13.2 cm³/mol. The van der Waals surface area contributed by atoms with Crippen LogP contribution in [0, 0.1) is 0 Å². The molecule has 0 aromatic heterocycles. The largest absolute Gasteiger partial charge is 0.219 e. The SMILES string of the molecule is OOOO.[Na]. The normalized spacial score (nSPS) is 6.00. The van der Waals surface area contributed by atoms with Crippen LogP contribution in [0.15, 0.2) is 0 Å². The van der Waals surface area contributed by atoms with Gasteiger partial charge in [0, 0.05) is 29.6 Å². The molecule has 0 rings (SSSR count). The molecule has 0 fully saturated rings. The zero-order valence-electron chi connectivity index (χ0n) is 2.71. The fourth-order valence-corrected chi connectivity index (χ4v) is 0. The van der Waals surface area contributed by atoms with Crippen LogP contribution >= 0.6 is 0 Å². The van der Waals surface area contributed by atoms with E-state index in [0.29, 0.717) is 0 Å². The Morgan fingerprint density at radius 2 is 1.20 bits per heavy atom. The maximum Gasteiger partial charge on any atom is 0 e. The second-order valence-corrected chi connectivity index (χ2v) is 0.149. The van der Waals surface area contributed by atoms with E-state index in [0.717, 1.165) is 0 Å². The fourth-order valence-electron chi connectivity index (χ4n) is 0. The van der Waals surface area contributed by atoms with E-state index in [1.54, 1.807) is 0 Å². The maximum atomic E-state index is 6.90. The molecule has 5 heavy (non-hydrogen) atoms. The summed E-state index contributed by atoms with van der Waals surface area (Å²) in [7, 11) is 0. The standard InChI is InChI=1S/Na.H2O4/c;1-3-4-2/h;1-2H. The first-order valence-corrected chi connectivity index (χ1v) is 0.532. The summed E-state index contributed by atoms with van der Waals surface area (Å²) in [5.74, 6) is 0. The third-order valence-electron chi connectivity index (χ3n) is 0.0333. The first kappa shape index (κ1) is 9.28. The van der Waals surface area contributed by atoms with Crippen molar-refractivity contribution in [2.24, 2.45) is 0 Å². The van der Waals surface area contributed by atoms with Crippen LogP contribution in [0.2, 0.25) is 0 Å². The molecule has 0 aromatic rings. The Bertz CT molecular complexity index is 5.61. The molecule has 27 valence electrons. The van der Waals surface area contributed by atoms with Crippen LogP contribution in [-0.4, -0.2) is 40.1 Å². The number of hydrogen-bond donors (Lipinski definition) is 2. The van der Waals surface area contributed by atoms with E-state index < -0.39 is 0 Å². The van der Waals surface area contributed by atoms with Gasteiger partial charge in [-0.15, -0.1) is 0 Å². The molecule has 0 unspecified atom stereocenters. The zero-order chi connectivity index (χ0) is 3.41. The van der Waals surface area contributed by atoms with Gasteiger partial charge in [-0.2, -0.15) is 0 Å². The van der Waals surface area contributed by atoms with Gasteiger partial charge in [-0.3, -0.25) is 0 Å². The van der Waals surface area contributed by atoms with Gasteiger partial charge in [0.25, 0.3) is 0 Å². The third kappa shape index (κ3) is 11.5. The van der Waals surface area contributed by atoms with Crippen LogP contribution in [0.3, 0.4) is 0 Å². The molecule has 0 heterocycles. The summed E-state index contributed by atoms with van der Waals surface area (Å²) in [6, 6.07) is 0. The molecule has 0 saturated carbocycles. The van der Waals surface area contributed by atoms with E-state index in [1.165, 1.54) is 0 Å². The second kappa shape index (κ2) is 8.85. The Hall–Kier alpha value is 0.840. The quantitative estimate of drug-likeness (QED) is 0.258. The van der Waals surface area contributed by atoms with Crippen LogP contribution in [0.1, 0.15) is 0 Å². The van der Waals surface area contributed by atoms with Crippen molar-refractivity contribution in [3.8, 4) is 0 Å². The van der Waals surface area contributed by atoms with Gasteiger partial charge >= 0.3 is 0 Å². The molecule has 0 saturated heterocycles. The monoisotopic (exact) mass is 89.0 g/mol. The van der Waals surface area contributed by atoms with Crippen LogP contribution < -0.4 is 0 Å². The molecule has 5 heteroatoms. The summed E-state index contributed by atoms with van der Waals surface area (Å²) in [4.78, 5) is 0. The summed E-state index contributed by atoms with van der Waals surface area (Å²) < 4.78 is 0. The molecule has 0 spiro atoms. The number of hydrogen-bond acceptors (Lipinski definition) is 4. The summed E-state index contributed by atoms with van der Waals surface area (Å²) in [5, 5.41) is 19.0. The molecule has 0 bridgehead atoms. The minimum Gasteiger partial charge on any atom is -0.219 e. The minimum atomic E-state index is 0.